The summed E-state index contributed by atoms with van der Waals surface area (Å²) in [5, 5.41) is 11.0. The molecule has 132 valence electrons. The molecule has 0 saturated carbocycles. The molecule has 1 N–H and O–H groups in total. The van der Waals surface area contributed by atoms with Gasteiger partial charge in [0.1, 0.15) is 11.5 Å². The lowest BCUT2D eigenvalue weighted by atomic mass is 10.1. The van der Waals surface area contributed by atoms with Crippen molar-refractivity contribution in [3.05, 3.63) is 105 Å². The number of benzene rings is 3. The minimum atomic E-state index is -0.305. The van der Waals surface area contributed by atoms with E-state index in [9.17, 15) is 9.90 Å². The van der Waals surface area contributed by atoms with Crippen LogP contribution in [0.3, 0.4) is 0 Å². The van der Waals surface area contributed by atoms with Gasteiger partial charge in [-0.2, -0.15) is 0 Å². The Morgan fingerprint density at radius 2 is 1.59 bits per heavy atom. The van der Waals surface area contributed by atoms with Gasteiger partial charge in [-0.1, -0.05) is 41.9 Å². The zero-order valence-corrected chi connectivity index (χ0v) is 15.0. The number of hydrogen-bond donors (Lipinski definition) is 1. The first kappa shape index (κ1) is 17.1. The fraction of sp³-hybridized carbons (Fsp3) is 0. The first-order chi connectivity index (χ1) is 13.1. The molecule has 0 unspecified atom stereocenters. The molecule has 0 atom stereocenters. The van der Waals surface area contributed by atoms with Crippen LogP contribution >= 0.6 is 11.6 Å². The Morgan fingerprint density at radius 1 is 0.926 bits per heavy atom. The first-order valence-electron chi connectivity index (χ1n) is 8.37. The third-order valence-corrected chi connectivity index (χ3v) is 4.47. The molecule has 0 aliphatic rings. The number of aliphatic hydroxyl groups excluding tert-OH is 1. The van der Waals surface area contributed by atoms with Gasteiger partial charge in [-0.3, -0.25) is 9.36 Å². The number of hydrogen-bond acceptors (Lipinski definition) is 3. The van der Waals surface area contributed by atoms with Gasteiger partial charge in [0.05, 0.1) is 11.0 Å². The van der Waals surface area contributed by atoms with Gasteiger partial charge in [-0.15, -0.1) is 0 Å². The first-order valence-corrected chi connectivity index (χ1v) is 8.75. The van der Waals surface area contributed by atoms with Gasteiger partial charge in [0.2, 0.25) is 0 Å². The van der Waals surface area contributed by atoms with Crippen molar-refractivity contribution in [1.29, 1.82) is 0 Å². The average molecular weight is 375 g/mol. The van der Waals surface area contributed by atoms with Gasteiger partial charge in [-0.05, 0) is 48.5 Å². The maximum Gasteiger partial charge on any atom is 0.281 e. The van der Waals surface area contributed by atoms with E-state index in [1.807, 2.05) is 54.6 Å². The predicted molar refractivity (Wildman–Crippen MR) is 109 cm³/mol. The summed E-state index contributed by atoms with van der Waals surface area (Å²) >= 11 is 5.89. The van der Waals surface area contributed by atoms with E-state index in [2.05, 4.69) is 4.98 Å². The summed E-state index contributed by atoms with van der Waals surface area (Å²) in [6.07, 6.45) is 1.39. The van der Waals surface area contributed by atoms with E-state index in [1.165, 1.54) is 6.08 Å². The largest absolute Gasteiger partial charge is 0.507 e. The number of aliphatic hydroxyl groups is 1. The van der Waals surface area contributed by atoms with E-state index in [4.69, 9.17) is 11.6 Å². The monoisotopic (exact) mass is 374 g/mol. The van der Waals surface area contributed by atoms with Crippen LogP contribution in [-0.4, -0.2) is 14.7 Å². The molecular formula is C22H15ClN2O2. The zero-order chi connectivity index (χ0) is 18.8. The topological polar surface area (TPSA) is 55.1 Å². The number of rotatable bonds is 3. The smallest absolute Gasteiger partial charge is 0.281 e. The van der Waals surface area contributed by atoms with Crippen molar-refractivity contribution in [3.8, 4) is 5.69 Å². The Bertz CT molecular complexity index is 1200. The summed E-state index contributed by atoms with van der Waals surface area (Å²) in [4.78, 5) is 17.6. The number of fused-ring (bicyclic) bond motifs is 1. The van der Waals surface area contributed by atoms with E-state index < -0.39 is 0 Å². The molecule has 0 bridgehead atoms. The molecule has 0 amide bonds. The van der Waals surface area contributed by atoms with Crippen LogP contribution in [0.2, 0.25) is 5.02 Å². The minimum Gasteiger partial charge on any atom is -0.507 e. The van der Waals surface area contributed by atoms with Crippen LogP contribution in [0.25, 0.3) is 28.6 Å². The van der Waals surface area contributed by atoms with Crippen LogP contribution in [0.5, 0.6) is 0 Å². The van der Waals surface area contributed by atoms with Gasteiger partial charge < -0.3 is 5.11 Å². The van der Waals surface area contributed by atoms with Gasteiger partial charge in [-0.25, -0.2) is 4.98 Å². The molecule has 0 aliphatic heterocycles. The van der Waals surface area contributed by atoms with Crippen LogP contribution in [0.15, 0.2) is 83.7 Å². The predicted octanol–water partition coefficient (Wildman–Crippen LogP) is 5.10. The Labute approximate surface area is 160 Å². The van der Waals surface area contributed by atoms with Gasteiger partial charge in [0, 0.05) is 22.3 Å². The van der Waals surface area contributed by atoms with Crippen LogP contribution in [-0.2, 0) is 0 Å². The highest BCUT2D eigenvalue weighted by Crippen LogP contribution is 2.19. The van der Waals surface area contributed by atoms with Crippen molar-refractivity contribution in [3.63, 3.8) is 0 Å². The van der Waals surface area contributed by atoms with Crippen LogP contribution in [0, 0.1) is 0 Å². The summed E-state index contributed by atoms with van der Waals surface area (Å²) in [6.45, 7) is 0. The molecule has 3 aromatic carbocycles. The fourth-order valence-corrected chi connectivity index (χ4v) is 3.04. The second-order valence-corrected chi connectivity index (χ2v) is 6.43. The number of nitrogens with zero attached hydrogens (tertiary/aromatic N) is 2. The molecule has 0 saturated heterocycles. The highest BCUT2D eigenvalue weighted by atomic mass is 35.5. The lowest BCUT2D eigenvalue weighted by Gasteiger charge is -2.11. The van der Waals surface area contributed by atoms with Gasteiger partial charge in [0.25, 0.3) is 5.56 Å². The molecule has 0 fully saturated rings. The lowest BCUT2D eigenvalue weighted by Crippen LogP contribution is -2.22. The van der Waals surface area contributed by atoms with Crippen LogP contribution in [0.1, 0.15) is 11.3 Å². The highest BCUT2D eigenvalue weighted by molar-refractivity contribution is 6.30. The summed E-state index contributed by atoms with van der Waals surface area (Å²) < 4.78 is 1.60. The van der Waals surface area contributed by atoms with Crippen molar-refractivity contribution in [1.82, 2.24) is 9.55 Å². The van der Waals surface area contributed by atoms with Crippen molar-refractivity contribution in [2.45, 2.75) is 0 Å². The maximum atomic E-state index is 13.1. The molecule has 4 aromatic rings. The fourth-order valence-electron chi connectivity index (χ4n) is 2.91. The molecule has 5 heteroatoms. The third-order valence-electron chi connectivity index (χ3n) is 4.21. The van der Waals surface area contributed by atoms with Crippen molar-refractivity contribution in [2.75, 3.05) is 0 Å². The Balaban J connectivity index is 1.94. The maximum absolute atomic E-state index is 13.1. The molecule has 4 rings (SSSR count). The van der Waals surface area contributed by atoms with E-state index >= 15 is 0 Å². The minimum absolute atomic E-state index is 0.0499. The third kappa shape index (κ3) is 3.35. The van der Waals surface area contributed by atoms with Gasteiger partial charge >= 0.3 is 0 Å². The summed E-state index contributed by atoms with van der Waals surface area (Å²) in [6, 6.07) is 23.5. The Hall–Kier alpha value is -3.37. The number of halogens is 1. The molecular weight excluding hydrogens is 360 g/mol. The van der Waals surface area contributed by atoms with Crippen LogP contribution in [0.4, 0.5) is 0 Å². The molecule has 27 heavy (non-hydrogen) atoms. The molecule has 0 aliphatic carbocycles. The average Bonchev–Trinajstić information content (AvgIpc) is 2.70. The van der Waals surface area contributed by atoms with Crippen LogP contribution < -0.4 is 5.56 Å². The van der Waals surface area contributed by atoms with E-state index in [1.54, 1.807) is 28.8 Å². The van der Waals surface area contributed by atoms with E-state index in [0.29, 0.717) is 21.6 Å². The zero-order valence-electron chi connectivity index (χ0n) is 14.2. The Morgan fingerprint density at radius 3 is 2.33 bits per heavy atom. The second-order valence-electron chi connectivity index (χ2n) is 6.00. The van der Waals surface area contributed by atoms with Crippen molar-refractivity contribution >= 4 is 34.5 Å². The SMILES string of the molecule is O=c1c(/C=C(\O)c2ccc(Cl)cc2)nc2ccccc2n1-c1ccccc1. The summed E-state index contributed by atoms with van der Waals surface area (Å²) in [5.41, 5.74) is 2.51. The molecule has 0 radical (unpaired) electrons. The second kappa shape index (κ2) is 7.09. The summed E-state index contributed by atoms with van der Waals surface area (Å²) in [5.74, 6) is -0.0499. The van der Waals surface area contributed by atoms with E-state index in [-0.39, 0.29) is 17.0 Å². The molecule has 1 heterocycles. The quantitative estimate of drug-likeness (QED) is 0.508. The normalized spacial score (nSPS) is 11.7. The molecule has 4 nitrogen and oxygen atoms in total. The summed E-state index contributed by atoms with van der Waals surface area (Å²) in [7, 11) is 0. The molecule has 0 spiro atoms. The standard InChI is InChI=1S/C22H15ClN2O2/c23-16-12-10-15(11-13-16)21(26)14-19-22(27)25(17-6-2-1-3-7-17)20-9-5-4-8-18(20)24-19/h1-14,26H/b21-14-. The van der Waals surface area contributed by atoms with Crippen molar-refractivity contribution < 1.29 is 5.11 Å². The van der Waals surface area contributed by atoms with Gasteiger partial charge in [0.15, 0.2) is 0 Å². The lowest BCUT2D eigenvalue weighted by molar-refractivity contribution is 0.515. The van der Waals surface area contributed by atoms with Crippen molar-refractivity contribution in [2.24, 2.45) is 0 Å². The Kier molecular flexibility index (Phi) is 4.48. The number of aromatic nitrogens is 2. The van der Waals surface area contributed by atoms with E-state index in [0.717, 1.165) is 5.69 Å². The highest BCUT2D eigenvalue weighted by Gasteiger charge is 2.12. The molecule has 1 aromatic heterocycles. The number of para-hydroxylation sites is 3.